The van der Waals surface area contributed by atoms with Crippen LogP contribution in [0.15, 0.2) is 24.3 Å². The molecular formula is C16H20ClNO4. The fourth-order valence-corrected chi connectivity index (χ4v) is 2.74. The number of halogens is 1. The Morgan fingerprint density at radius 3 is 2.45 bits per heavy atom. The molecule has 0 aliphatic carbocycles. The third kappa shape index (κ3) is 5.00. The predicted molar refractivity (Wildman–Crippen MR) is 83.0 cm³/mol. The first-order valence-corrected chi connectivity index (χ1v) is 7.77. The van der Waals surface area contributed by atoms with Gasteiger partial charge in [-0.15, -0.1) is 0 Å². The van der Waals surface area contributed by atoms with Crippen LogP contribution in [-0.4, -0.2) is 47.7 Å². The molecule has 1 aliphatic heterocycles. The van der Waals surface area contributed by atoms with Crippen LogP contribution in [0.5, 0.6) is 0 Å². The summed E-state index contributed by atoms with van der Waals surface area (Å²) in [5.41, 5.74) is 1.01. The largest absolute Gasteiger partial charge is 0.480 e. The van der Waals surface area contributed by atoms with Crippen molar-refractivity contribution < 1.29 is 19.4 Å². The van der Waals surface area contributed by atoms with Crippen LogP contribution in [0.3, 0.4) is 0 Å². The summed E-state index contributed by atoms with van der Waals surface area (Å²) in [5, 5.41) is 9.70. The van der Waals surface area contributed by atoms with Gasteiger partial charge in [0.1, 0.15) is 6.54 Å². The molecule has 1 saturated heterocycles. The summed E-state index contributed by atoms with van der Waals surface area (Å²) in [5.74, 6) is -1.10. The van der Waals surface area contributed by atoms with Gasteiger partial charge in [0.25, 0.3) is 0 Å². The van der Waals surface area contributed by atoms with Crippen molar-refractivity contribution >= 4 is 23.5 Å². The molecule has 0 atom stereocenters. The third-order valence-corrected chi connectivity index (χ3v) is 4.05. The molecule has 0 aromatic heterocycles. The number of carbonyl (C=O) groups is 2. The average Bonchev–Trinajstić information content (AvgIpc) is 2.52. The Balaban J connectivity index is 1.95. The Morgan fingerprint density at radius 2 is 1.86 bits per heavy atom. The van der Waals surface area contributed by atoms with E-state index in [1.54, 1.807) is 12.1 Å². The zero-order valence-electron chi connectivity index (χ0n) is 12.3. The number of aryl methyl sites for hydroxylation is 1. The zero-order valence-corrected chi connectivity index (χ0v) is 13.1. The van der Waals surface area contributed by atoms with Crippen LogP contribution in [0.2, 0.25) is 5.02 Å². The summed E-state index contributed by atoms with van der Waals surface area (Å²) >= 11 is 5.83. The van der Waals surface area contributed by atoms with Gasteiger partial charge in [-0.1, -0.05) is 23.7 Å². The van der Waals surface area contributed by atoms with Gasteiger partial charge >= 0.3 is 5.97 Å². The molecule has 5 nitrogen and oxygen atoms in total. The minimum absolute atomic E-state index is 0.0393. The molecule has 1 aliphatic rings. The van der Waals surface area contributed by atoms with Crippen LogP contribution in [0.1, 0.15) is 24.8 Å². The number of carboxylic acids is 1. The number of amides is 1. The van der Waals surface area contributed by atoms with Crippen molar-refractivity contribution in [2.45, 2.75) is 31.7 Å². The SMILES string of the molecule is O=C(O)CN(C(=O)CCc1ccc(Cl)cc1)C1CCOCC1. The van der Waals surface area contributed by atoms with Gasteiger partial charge in [0.15, 0.2) is 0 Å². The monoisotopic (exact) mass is 325 g/mol. The predicted octanol–water partition coefficient (Wildman–Crippen LogP) is 2.36. The smallest absolute Gasteiger partial charge is 0.323 e. The maximum absolute atomic E-state index is 12.4. The number of hydrogen-bond acceptors (Lipinski definition) is 3. The van der Waals surface area contributed by atoms with E-state index in [2.05, 4.69) is 0 Å². The Kier molecular flexibility index (Phi) is 6.21. The number of nitrogens with zero attached hydrogens (tertiary/aromatic N) is 1. The summed E-state index contributed by atoms with van der Waals surface area (Å²) in [7, 11) is 0. The third-order valence-electron chi connectivity index (χ3n) is 3.80. The first-order chi connectivity index (χ1) is 10.6. The van der Waals surface area contributed by atoms with E-state index in [-0.39, 0.29) is 18.5 Å². The Labute approximate surface area is 134 Å². The van der Waals surface area contributed by atoms with E-state index >= 15 is 0 Å². The highest BCUT2D eigenvalue weighted by molar-refractivity contribution is 6.30. The van der Waals surface area contributed by atoms with Crippen LogP contribution in [0, 0.1) is 0 Å². The quantitative estimate of drug-likeness (QED) is 0.872. The average molecular weight is 326 g/mol. The van der Waals surface area contributed by atoms with E-state index < -0.39 is 5.97 Å². The lowest BCUT2D eigenvalue weighted by atomic mass is 10.0. The molecular weight excluding hydrogens is 306 g/mol. The summed E-state index contributed by atoms with van der Waals surface area (Å²) in [6.07, 6.45) is 2.27. The highest BCUT2D eigenvalue weighted by atomic mass is 35.5. The number of ether oxygens (including phenoxy) is 1. The van der Waals surface area contributed by atoms with E-state index in [1.165, 1.54) is 4.90 Å². The molecule has 1 amide bonds. The first-order valence-electron chi connectivity index (χ1n) is 7.39. The van der Waals surface area contributed by atoms with Gasteiger partial charge < -0.3 is 14.7 Å². The molecule has 22 heavy (non-hydrogen) atoms. The molecule has 1 heterocycles. The van der Waals surface area contributed by atoms with E-state index in [4.69, 9.17) is 21.4 Å². The van der Waals surface area contributed by atoms with Crippen LogP contribution in [0.4, 0.5) is 0 Å². The number of hydrogen-bond donors (Lipinski definition) is 1. The number of carbonyl (C=O) groups excluding carboxylic acids is 1. The van der Waals surface area contributed by atoms with Crippen LogP contribution in [-0.2, 0) is 20.7 Å². The second kappa shape index (κ2) is 8.15. The lowest BCUT2D eigenvalue weighted by molar-refractivity contribution is -0.147. The lowest BCUT2D eigenvalue weighted by Gasteiger charge is -2.33. The Hall–Kier alpha value is -1.59. The molecule has 120 valence electrons. The van der Waals surface area contributed by atoms with Gasteiger partial charge in [-0.05, 0) is 37.0 Å². The van der Waals surface area contributed by atoms with Crippen molar-refractivity contribution in [3.05, 3.63) is 34.9 Å². The first kappa shape index (κ1) is 16.8. The maximum Gasteiger partial charge on any atom is 0.323 e. The molecule has 1 fully saturated rings. The van der Waals surface area contributed by atoms with E-state index in [9.17, 15) is 9.59 Å². The van der Waals surface area contributed by atoms with Crippen molar-refractivity contribution in [1.29, 1.82) is 0 Å². The van der Waals surface area contributed by atoms with Gasteiger partial charge in [0, 0.05) is 30.7 Å². The molecule has 6 heteroatoms. The summed E-state index contributed by atoms with van der Waals surface area (Å²) in [4.78, 5) is 24.9. The highest BCUT2D eigenvalue weighted by Gasteiger charge is 2.27. The Bertz CT molecular complexity index is 511. The van der Waals surface area contributed by atoms with Crippen LogP contribution < -0.4 is 0 Å². The number of rotatable bonds is 6. The summed E-state index contributed by atoms with van der Waals surface area (Å²) < 4.78 is 5.28. The van der Waals surface area contributed by atoms with Crippen LogP contribution in [0.25, 0.3) is 0 Å². The molecule has 0 bridgehead atoms. The summed E-state index contributed by atoms with van der Waals surface area (Å²) in [6.45, 7) is 0.903. The molecule has 2 rings (SSSR count). The maximum atomic E-state index is 12.4. The minimum atomic E-state index is -0.980. The molecule has 1 aromatic rings. The van der Waals surface area contributed by atoms with Crippen molar-refractivity contribution in [3.8, 4) is 0 Å². The van der Waals surface area contributed by atoms with Gasteiger partial charge in [0.2, 0.25) is 5.91 Å². The van der Waals surface area contributed by atoms with Gasteiger partial charge in [-0.2, -0.15) is 0 Å². The molecule has 1 N–H and O–H groups in total. The Morgan fingerprint density at radius 1 is 1.23 bits per heavy atom. The second-order valence-electron chi connectivity index (χ2n) is 5.39. The van der Waals surface area contributed by atoms with Gasteiger partial charge in [0.05, 0.1) is 0 Å². The second-order valence-corrected chi connectivity index (χ2v) is 5.82. The van der Waals surface area contributed by atoms with E-state index in [0.717, 1.165) is 5.56 Å². The summed E-state index contributed by atoms with van der Waals surface area (Å²) in [6, 6.07) is 7.29. The molecule has 0 spiro atoms. The molecule has 0 unspecified atom stereocenters. The molecule has 0 radical (unpaired) electrons. The highest BCUT2D eigenvalue weighted by Crippen LogP contribution is 2.17. The van der Waals surface area contributed by atoms with Crippen molar-refractivity contribution in [3.63, 3.8) is 0 Å². The fourth-order valence-electron chi connectivity index (χ4n) is 2.61. The topological polar surface area (TPSA) is 66.8 Å². The number of carboxylic acid groups (broad SMARTS) is 1. The molecule has 1 aromatic carbocycles. The minimum Gasteiger partial charge on any atom is -0.480 e. The number of aliphatic carboxylic acids is 1. The van der Waals surface area contributed by atoms with Gasteiger partial charge in [-0.25, -0.2) is 0 Å². The van der Waals surface area contributed by atoms with E-state index in [1.807, 2.05) is 12.1 Å². The van der Waals surface area contributed by atoms with Crippen molar-refractivity contribution in [2.24, 2.45) is 0 Å². The van der Waals surface area contributed by atoms with Gasteiger partial charge in [-0.3, -0.25) is 9.59 Å². The fraction of sp³-hybridized carbons (Fsp3) is 0.500. The number of benzene rings is 1. The van der Waals surface area contributed by atoms with Crippen molar-refractivity contribution in [2.75, 3.05) is 19.8 Å². The zero-order chi connectivity index (χ0) is 15.9. The normalized spacial score (nSPS) is 15.5. The van der Waals surface area contributed by atoms with Crippen LogP contribution >= 0.6 is 11.6 Å². The standard InChI is InChI=1S/C16H20ClNO4/c17-13-4-1-12(2-5-13)3-6-15(19)18(11-16(20)21)14-7-9-22-10-8-14/h1-2,4-5,14H,3,6-11H2,(H,20,21). The molecule has 0 saturated carbocycles. The van der Waals surface area contributed by atoms with E-state index in [0.29, 0.717) is 43.9 Å². The van der Waals surface area contributed by atoms with Crippen molar-refractivity contribution in [1.82, 2.24) is 4.90 Å². The lowest BCUT2D eigenvalue weighted by Crippen LogP contribution is -2.46.